The van der Waals surface area contributed by atoms with Crippen molar-refractivity contribution in [2.24, 2.45) is 5.73 Å². The lowest BCUT2D eigenvalue weighted by atomic mass is 9.71. The average Bonchev–Trinajstić information content (AvgIpc) is 3.23. The summed E-state index contributed by atoms with van der Waals surface area (Å²) in [7, 11) is 0. The van der Waals surface area contributed by atoms with Crippen LogP contribution >= 0.6 is 0 Å². The van der Waals surface area contributed by atoms with Crippen molar-refractivity contribution in [2.75, 3.05) is 36.0 Å². The van der Waals surface area contributed by atoms with Crippen LogP contribution in [0.1, 0.15) is 75.0 Å². The molecule has 0 aliphatic carbocycles. The number of nitrogens with zero attached hydrogens (tertiary/aromatic N) is 3. The van der Waals surface area contributed by atoms with Gasteiger partial charge in [-0.25, -0.2) is 15.2 Å². The summed E-state index contributed by atoms with van der Waals surface area (Å²) in [5, 5.41) is 1.52. The quantitative estimate of drug-likeness (QED) is 0.468. The molecule has 1 spiro atoms. The number of primary amides is 1. The topological polar surface area (TPSA) is 91.1 Å². The van der Waals surface area contributed by atoms with Crippen molar-refractivity contribution >= 4 is 23.3 Å². The average molecular weight is 548 g/mol. The molecular weight excluding hydrogens is 514 g/mol. The highest BCUT2D eigenvalue weighted by atomic mass is 16.5. The molecule has 3 aromatic rings. The number of aryl methyl sites for hydroxylation is 2. The van der Waals surface area contributed by atoms with E-state index in [0.29, 0.717) is 5.56 Å². The summed E-state index contributed by atoms with van der Waals surface area (Å²) in [6.45, 7) is 4.24. The van der Waals surface area contributed by atoms with E-state index < -0.39 is 11.6 Å². The van der Waals surface area contributed by atoms with Crippen molar-refractivity contribution in [1.82, 2.24) is 10.4 Å². The highest BCUT2D eigenvalue weighted by molar-refractivity contribution is 6.03. The van der Waals surface area contributed by atoms with Gasteiger partial charge in [0, 0.05) is 70.9 Å². The van der Waals surface area contributed by atoms with Gasteiger partial charge in [-0.05, 0) is 80.7 Å². The molecular formula is C33H33N5O3. The van der Waals surface area contributed by atoms with Gasteiger partial charge >= 0.3 is 6.03 Å². The van der Waals surface area contributed by atoms with Crippen molar-refractivity contribution in [1.29, 1.82) is 0 Å². The number of nitrogens with two attached hydrogens (primary N) is 1. The summed E-state index contributed by atoms with van der Waals surface area (Å²) in [5.41, 5.74) is 18.6. The van der Waals surface area contributed by atoms with E-state index >= 15 is 0 Å². The molecule has 8 nitrogen and oxygen atoms in total. The van der Waals surface area contributed by atoms with Gasteiger partial charge in [0.15, 0.2) is 0 Å². The first-order valence-corrected chi connectivity index (χ1v) is 15.1. The number of amides is 3. The number of ether oxygens (including phenoxy) is 1. The van der Waals surface area contributed by atoms with Crippen molar-refractivity contribution in [2.45, 2.75) is 56.9 Å². The summed E-state index contributed by atoms with van der Waals surface area (Å²) in [4.78, 5) is 31.9. The van der Waals surface area contributed by atoms with Crippen LogP contribution < -0.4 is 25.7 Å². The molecule has 3 aromatic carbocycles. The second-order valence-corrected chi connectivity index (χ2v) is 12.3. The zero-order valence-electron chi connectivity index (χ0n) is 23.1. The lowest BCUT2D eigenvalue weighted by Gasteiger charge is -2.48. The molecule has 6 heterocycles. The third-order valence-corrected chi connectivity index (χ3v) is 10.2. The van der Waals surface area contributed by atoms with E-state index in [9.17, 15) is 9.59 Å². The number of rotatable bonds is 1. The number of carbonyl (C=O) groups excluding carboxylic acids is 2. The summed E-state index contributed by atoms with van der Waals surface area (Å²) in [5.74, 6) is 1.46. The van der Waals surface area contributed by atoms with Gasteiger partial charge in [0.25, 0.3) is 5.91 Å². The van der Waals surface area contributed by atoms with Gasteiger partial charge in [-0.1, -0.05) is 18.2 Å². The maximum Gasteiger partial charge on any atom is 0.331 e. The highest BCUT2D eigenvalue weighted by Gasteiger charge is 2.59. The van der Waals surface area contributed by atoms with E-state index in [-0.39, 0.29) is 5.91 Å². The van der Waals surface area contributed by atoms with Gasteiger partial charge in [-0.3, -0.25) is 4.79 Å². The summed E-state index contributed by atoms with van der Waals surface area (Å²) in [6, 6.07) is 11.6. The van der Waals surface area contributed by atoms with Crippen molar-refractivity contribution in [3.8, 4) is 11.5 Å². The van der Waals surface area contributed by atoms with Crippen LogP contribution in [-0.2, 0) is 31.2 Å². The number of fused-ring (bicyclic) bond motifs is 8. The van der Waals surface area contributed by atoms with Crippen LogP contribution in [0.5, 0.6) is 11.5 Å². The number of hydrogen-bond donors (Lipinski definition) is 2. The first-order valence-electron chi connectivity index (χ1n) is 15.1. The van der Waals surface area contributed by atoms with Crippen molar-refractivity contribution in [3.63, 3.8) is 0 Å². The lowest BCUT2D eigenvalue weighted by molar-refractivity contribution is 0.0555. The third-order valence-electron chi connectivity index (χ3n) is 10.2. The van der Waals surface area contributed by atoms with Crippen LogP contribution in [0.2, 0.25) is 0 Å². The van der Waals surface area contributed by atoms with E-state index in [1.807, 2.05) is 24.3 Å². The molecule has 6 aliphatic rings. The standard InChI is InChI=1S/C33H33N5O3/c34-32(40)35-38-31(39)21-9-1-2-12-24(21)33(38)25-17-19-7-3-13-36-15-5-10-22(27(19)36)29(25)41-30-23-11-6-16-37-14-4-8-20(28(23)37)18-26(30)33/h1-2,9,12,17-18H,3-8,10-11,13-16H2,(H3,34,35,40). The molecule has 9 rings (SSSR count). The van der Waals surface area contributed by atoms with Gasteiger partial charge in [-0.2, -0.15) is 0 Å². The van der Waals surface area contributed by atoms with Crippen molar-refractivity contribution < 1.29 is 14.3 Å². The van der Waals surface area contributed by atoms with E-state index in [2.05, 4.69) is 27.4 Å². The Morgan fingerprint density at radius 1 is 0.780 bits per heavy atom. The van der Waals surface area contributed by atoms with Gasteiger partial charge in [0.05, 0.1) is 0 Å². The second-order valence-electron chi connectivity index (χ2n) is 12.3. The molecule has 8 heteroatoms. The number of benzene rings is 3. The summed E-state index contributed by atoms with van der Waals surface area (Å²) in [6.07, 6.45) is 8.16. The maximum atomic E-state index is 14.2. The Bertz CT molecular complexity index is 1610. The number of anilines is 2. The van der Waals surface area contributed by atoms with Crippen LogP contribution in [-0.4, -0.2) is 43.1 Å². The number of hydrazine groups is 1. The summed E-state index contributed by atoms with van der Waals surface area (Å²) >= 11 is 0. The molecule has 0 fully saturated rings. The maximum absolute atomic E-state index is 14.2. The van der Waals surface area contributed by atoms with E-state index in [4.69, 9.17) is 10.5 Å². The zero-order chi connectivity index (χ0) is 27.5. The molecule has 0 aromatic heterocycles. The molecule has 6 aliphatic heterocycles. The first-order chi connectivity index (χ1) is 20.1. The second kappa shape index (κ2) is 8.18. The minimum atomic E-state index is -1.08. The van der Waals surface area contributed by atoms with Crippen LogP contribution in [0.25, 0.3) is 0 Å². The van der Waals surface area contributed by atoms with E-state index in [1.54, 1.807) is 0 Å². The molecule has 0 radical (unpaired) electrons. The fraction of sp³-hybridized carbons (Fsp3) is 0.394. The lowest BCUT2D eigenvalue weighted by Crippen LogP contribution is -2.57. The summed E-state index contributed by atoms with van der Waals surface area (Å²) < 4.78 is 7.17. The van der Waals surface area contributed by atoms with Crippen LogP contribution in [0.15, 0.2) is 36.4 Å². The number of hydrogen-bond acceptors (Lipinski definition) is 5. The molecule has 208 valence electrons. The Hall–Kier alpha value is -4.20. The number of carbonyl (C=O) groups is 2. The van der Waals surface area contributed by atoms with Crippen LogP contribution in [0, 0.1) is 0 Å². The monoisotopic (exact) mass is 547 g/mol. The molecule has 41 heavy (non-hydrogen) atoms. The third kappa shape index (κ3) is 2.90. The molecule has 0 unspecified atom stereocenters. The van der Waals surface area contributed by atoms with Gasteiger partial charge in [0.2, 0.25) is 0 Å². The number of nitrogens with one attached hydrogen (secondary N) is 1. The molecule has 3 amide bonds. The number of urea groups is 1. The van der Waals surface area contributed by atoms with Crippen LogP contribution in [0.3, 0.4) is 0 Å². The van der Waals surface area contributed by atoms with Crippen LogP contribution in [0.4, 0.5) is 16.2 Å². The molecule has 0 saturated carbocycles. The first kappa shape index (κ1) is 23.5. The minimum absolute atomic E-state index is 0.251. The van der Waals surface area contributed by atoms with E-state index in [1.165, 1.54) is 38.6 Å². The molecule has 0 atom stereocenters. The Kier molecular flexibility index (Phi) is 4.69. The van der Waals surface area contributed by atoms with E-state index in [0.717, 1.165) is 106 Å². The van der Waals surface area contributed by atoms with Gasteiger partial charge < -0.3 is 20.3 Å². The fourth-order valence-corrected chi connectivity index (χ4v) is 8.83. The van der Waals surface area contributed by atoms with Gasteiger partial charge in [-0.15, -0.1) is 0 Å². The Labute approximate surface area is 239 Å². The molecule has 0 saturated heterocycles. The van der Waals surface area contributed by atoms with Gasteiger partial charge in [0.1, 0.15) is 17.0 Å². The minimum Gasteiger partial charge on any atom is -0.456 e. The predicted octanol–water partition coefficient (Wildman–Crippen LogP) is 4.52. The zero-order valence-corrected chi connectivity index (χ0v) is 23.1. The highest BCUT2D eigenvalue weighted by Crippen LogP contribution is 2.62. The molecule has 3 N–H and O–H groups in total. The Morgan fingerprint density at radius 3 is 1.88 bits per heavy atom. The smallest absolute Gasteiger partial charge is 0.331 e. The Balaban J connectivity index is 1.44. The van der Waals surface area contributed by atoms with Crippen molar-refractivity contribution in [3.05, 3.63) is 80.9 Å². The molecule has 0 bridgehead atoms. The Morgan fingerprint density at radius 2 is 1.32 bits per heavy atom. The predicted molar refractivity (Wildman–Crippen MR) is 156 cm³/mol. The largest absolute Gasteiger partial charge is 0.456 e. The fourth-order valence-electron chi connectivity index (χ4n) is 8.83. The normalized spacial score (nSPS) is 20.5. The SMILES string of the molecule is NC(=O)NN1C(=O)c2ccccc2C12c1cc3c4c(c1Oc1c2cc2c5c1CCCN5CCC2)CCCN4CCC3.